The van der Waals surface area contributed by atoms with Crippen molar-refractivity contribution in [1.82, 2.24) is 14.8 Å². The first-order valence-corrected chi connectivity index (χ1v) is 14.0. The average Bonchev–Trinajstić information content (AvgIpc) is 3.30. The Balaban J connectivity index is 1.52. The lowest BCUT2D eigenvalue weighted by Crippen LogP contribution is -2.15. The molecule has 4 aromatic rings. The van der Waals surface area contributed by atoms with E-state index in [1.54, 1.807) is 54.0 Å². The van der Waals surface area contributed by atoms with Crippen LogP contribution in [-0.2, 0) is 25.1 Å². The summed E-state index contributed by atoms with van der Waals surface area (Å²) in [4.78, 5) is 24.8. The Kier molecular flexibility index (Phi) is 8.36. The number of hydrogen-bond donors (Lipinski definition) is 1. The van der Waals surface area contributed by atoms with Gasteiger partial charge in [-0.1, -0.05) is 54.2 Å². The summed E-state index contributed by atoms with van der Waals surface area (Å²) in [6, 6.07) is 23.7. The zero-order valence-corrected chi connectivity index (χ0v) is 21.5. The predicted octanol–water partition coefficient (Wildman–Crippen LogP) is 4.15. The van der Waals surface area contributed by atoms with E-state index in [1.165, 1.54) is 12.1 Å². The normalized spacial score (nSPS) is 11.2. The van der Waals surface area contributed by atoms with E-state index in [0.717, 1.165) is 11.8 Å². The molecule has 0 saturated carbocycles. The van der Waals surface area contributed by atoms with Gasteiger partial charge in [0, 0.05) is 11.4 Å². The van der Waals surface area contributed by atoms with Gasteiger partial charge in [-0.15, -0.1) is 10.2 Å². The van der Waals surface area contributed by atoms with Crippen LogP contribution in [0.25, 0.3) is 5.69 Å². The topological polar surface area (TPSA) is 120 Å². The molecule has 9 nitrogen and oxygen atoms in total. The molecule has 190 valence electrons. The van der Waals surface area contributed by atoms with Crippen molar-refractivity contribution in [2.75, 3.05) is 17.7 Å². The number of sulfone groups is 1. The second kappa shape index (κ2) is 11.8. The van der Waals surface area contributed by atoms with Crippen molar-refractivity contribution in [3.05, 3.63) is 96.3 Å². The van der Waals surface area contributed by atoms with Gasteiger partial charge in [0.15, 0.2) is 20.8 Å². The molecule has 11 heteroatoms. The molecule has 1 aromatic heterocycles. The maximum absolute atomic E-state index is 13.0. The highest BCUT2D eigenvalue weighted by atomic mass is 32.2. The molecule has 0 fully saturated rings. The Labute approximate surface area is 218 Å². The Morgan fingerprint density at radius 2 is 1.65 bits per heavy atom. The van der Waals surface area contributed by atoms with Gasteiger partial charge < -0.3 is 10.1 Å². The van der Waals surface area contributed by atoms with Gasteiger partial charge in [-0.3, -0.25) is 9.36 Å². The van der Waals surface area contributed by atoms with Gasteiger partial charge >= 0.3 is 5.97 Å². The van der Waals surface area contributed by atoms with Crippen molar-refractivity contribution in [1.29, 1.82) is 0 Å². The first kappa shape index (κ1) is 26.1. The van der Waals surface area contributed by atoms with E-state index in [0.29, 0.717) is 22.1 Å². The minimum atomic E-state index is -3.67. The quantitative estimate of drug-likeness (QED) is 0.237. The fraction of sp³-hybridized carbons (Fsp3) is 0.154. The van der Waals surface area contributed by atoms with E-state index in [2.05, 4.69) is 15.5 Å². The lowest BCUT2D eigenvalue weighted by Gasteiger charge is -2.11. The van der Waals surface area contributed by atoms with Crippen molar-refractivity contribution in [3.8, 4) is 5.69 Å². The lowest BCUT2D eigenvalue weighted by atomic mass is 10.2. The summed E-state index contributed by atoms with van der Waals surface area (Å²) < 4.78 is 32.6. The molecule has 0 unspecified atom stereocenters. The zero-order chi connectivity index (χ0) is 26.3. The van der Waals surface area contributed by atoms with Crippen LogP contribution in [0.3, 0.4) is 0 Å². The monoisotopic (exact) mass is 536 g/mol. The molecule has 4 rings (SSSR count). The Morgan fingerprint density at radius 3 is 2.35 bits per heavy atom. The largest absolute Gasteiger partial charge is 0.462 e. The molecule has 0 aliphatic heterocycles. The van der Waals surface area contributed by atoms with Crippen molar-refractivity contribution in [2.45, 2.75) is 22.7 Å². The van der Waals surface area contributed by atoms with Crippen LogP contribution in [0.2, 0.25) is 0 Å². The molecule has 0 bridgehead atoms. The van der Waals surface area contributed by atoms with Gasteiger partial charge in [0.2, 0.25) is 5.91 Å². The van der Waals surface area contributed by atoms with Gasteiger partial charge in [-0.25, -0.2) is 13.2 Å². The van der Waals surface area contributed by atoms with Gasteiger partial charge in [-0.05, 0) is 49.4 Å². The molecule has 1 N–H and O–H groups in total. The first-order chi connectivity index (χ1) is 17.9. The second-order valence-corrected chi connectivity index (χ2v) is 10.7. The highest BCUT2D eigenvalue weighted by molar-refractivity contribution is 7.99. The molecule has 37 heavy (non-hydrogen) atoms. The number of esters is 1. The molecule has 3 aromatic carbocycles. The summed E-state index contributed by atoms with van der Waals surface area (Å²) in [5, 5.41) is 11.5. The third-order valence-corrected chi connectivity index (χ3v) is 7.68. The molecular formula is C26H24N4O5S2. The maximum atomic E-state index is 13.0. The molecular weight excluding hydrogens is 512 g/mol. The van der Waals surface area contributed by atoms with Crippen LogP contribution in [0.4, 0.5) is 5.69 Å². The summed E-state index contributed by atoms with van der Waals surface area (Å²) in [5.41, 5.74) is 1.46. The number of carbonyl (C=O) groups excluding carboxylic acids is 2. The van der Waals surface area contributed by atoms with Gasteiger partial charge in [0.1, 0.15) is 5.75 Å². The number of thioether (sulfide) groups is 1. The van der Waals surface area contributed by atoms with Gasteiger partial charge in [0.05, 0.1) is 22.8 Å². The van der Waals surface area contributed by atoms with Gasteiger partial charge in [-0.2, -0.15) is 0 Å². The number of amides is 1. The number of rotatable bonds is 10. The van der Waals surface area contributed by atoms with Crippen molar-refractivity contribution >= 4 is 39.2 Å². The van der Waals surface area contributed by atoms with E-state index in [-0.39, 0.29) is 34.7 Å². The number of anilines is 1. The van der Waals surface area contributed by atoms with Crippen LogP contribution in [0, 0.1) is 0 Å². The van der Waals surface area contributed by atoms with Crippen molar-refractivity contribution in [3.63, 3.8) is 0 Å². The van der Waals surface area contributed by atoms with Gasteiger partial charge in [0.25, 0.3) is 0 Å². The van der Waals surface area contributed by atoms with Crippen LogP contribution in [0.15, 0.2) is 95.0 Å². The molecule has 0 aliphatic carbocycles. The number of ether oxygens (including phenoxy) is 1. The van der Waals surface area contributed by atoms with E-state index in [9.17, 15) is 18.0 Å². The second-order valence-electron chi connectivity index (χ2n) is 7.78. The molecule has 1 amide bonds. The highest BCUT2D eigenvalue weighted by Gasteiger charge is 2.23. The van der Waals surface area contributed by atoms with E-state index in [4.69, 9.17) is 4.74 Å². The maximum Gasteiger partial charge on any atom is 0.338 e. The predicted molar refractivity (Wildman–Crippen MR) is 140 cm³/mol. The van der Waals surface area contributed by atoms with Crippen LogP contribution < -0.4 is 5.32 Å². The fourth-order valence-corrected chi connectivity index (χ4v) is 5.51. The summed E-state index contributed by atoms with van der Waals surface area (Å²) in [5.74, 6) is -0.930. The zero-order valence-electron chi connectivity index (χ0n) is 19.9. The molecule has 0 spiro atoms. The first-order valence-electron chi connectivity index (χ1n) is 11.3. The number of aromatic nitrogens is 3. The Morgan fingerprint density at radius 1 is 0.946 bits per heavy atom. The summed E-state index contributed by atoms with van der Waals surface area (Å²) >= 11 is 1.12. The van der Waals surface area contributed by atoms with E-state index >= 15 is 0 Å². The van der Waals surface area contributed by atoms with E-state index < -0.39 is 15.8 Å². The number of para-hydroxylation sites is 1. The lowest BCUT2D eigenvalue weighted by molar-refractivity contribution is -0.113. The van der Waals surface area contributed by atoms with Crippen LogP contribution >= 0.6 is 11.8 Å². The Hall–Kier alpha value is -3.96. The minimum absolute atomic E-state index is 0.0139. The SMILES string of the molecule is CCOC(=O)c1cccc(NC(=O)CSc2nnc(CS(=O)(=O)c3ccccc3)n2-c2ccccc2)c1. The smallest absolute Gasteiger partial charge is 0.338 e. The third-order valence-electron chi connectivity index (χ3n) is 5.13. The molecule has 0 aliphatic rings. The van der Waals surface area contributed by atoms with Crippen LogP contribution in [0.5, 0.6) is 0 Å². The number of benzene rings is 3. The summed E-state index contributed by atoms with van der Waals surface area (Å²) in [6.45, 7) is 1.97. The molecule has 0 saturated heterocycles. The van der Waals surface area contributed by atoms with Crippen LogP contribution in [0.1, 0.15) is 23.1 Å². The highest BCUT2D eigenvalue weighted by Crippen LogP contribution is 2.25. The fourth-order valence-electron chi connectivity index (χ4n) is 3.47. The third kappa shape index (κ3) is 6.63. The molecule has 0 atom stereocenters. The number of hydrogen-bond acceptors (Lipinski definition) is 8. The molecule has 1 heterocycles. The molecule has 0 radical (unpaired) electrons. The van der Waals surface area contributed by atoms with Crippen molar-refractivity contribution in [2.24, 2.45) is 0 Å². The Bertz CT molecular complexity index is 1490. The number of nitrogens with zero attached hydrogens (tertiary/aromatic N) is 3. The summed E-state index contributed by atoms with van der Waals surface area (Å²) in [7, 11) is -3.67. The number of carbonyl (C=O) groups is 2. The number of nitrogens with one attached hydrogen (secondary N) is 1. The van der Waals surface area contributed by atoms with E-state index in [1.807, 2.05) is 30.3 Å². The average molecular weight is 537 g/mol. The standard InChI is InChI=1S/C26H24N4O5S2/c1-2-35-25(32)19-10-9-11-20(16-19)27-24(31)17-36-26-29-28-23(30(26)21-12-5-3-6-13-21)18-37(33,34)22-14-7-4-8-15-22/h3-16H,2,17-18H2,1H3,(H,27,31). The van der Waals surface area contributed by atoms with Crippen LogP contribution in [-0.4, -0.2) is 47.4 Å². The summed E-state index contributed by atoms with van der Waals surface area (Å²) in [6.07, 6.45) is 0. The minimum Gasteiger partial charge on any atom is -0.462 e. The van der Waals surface area contributed by atoms with Crippen molar-refractivity contribution < 1.29 is 22.7 Å².